The lowest BCUT2D eigenvalue weighted by atomic mass is 10.1. The van der Waals surface area contributed by atoms with E-state index < -0.39 is 0 Å². The molecule has 0 bridgehead atoms. The van der Waals surface area contributed by atoms with Crippen LogP contribution in [-0.4, -0.2) is 39.6 Å². The van der Waals surface area contributed by atoms with Crippen LogP contribution in [0.4, 0.5) is 5.69 Å². The van der Waals surface area contributed by atoms with Crippen LogP contribution in [0.5, 0.6) is 17.2 Å². The summed E-state index contributed by atoms with van der Waals surface area (Å²) in [4.78, 5) is 12.4. The number of carbonyl (C=O) groups is 1. The molecule has 4 aromatic rings. The second-order valence-corrected chi connectivity index (χ2v) is 8.36. The highest BCUT2D eigenvalue weighted by Gasteiger charge is 2.15. The molecule has 1 aliphatic heterocycles. The summed E-state index contributed by atoms with van der Waals surface area (Å²) in [7, 11) is 1.86. The third-order valence-corrected chi connectivity index (χ3v) is 6.21. The summed E-state index contributed by atoms with van der Waals surface area (Å²) in [5.74, 6) is 2.85. The molecule has 0 fully saturated rings. The van der Waals surface area contributed by atoms with Crippen molar-refractivity contribution >= 4 is 34.1 Å². The topological polar surface area (TPSA) is 87.5 Å². The zero-order valence-corrected chi connectivity index (χ0v) is 18.8. The van der Waals surface area contributed by atoms with E-state index in [1.807, 2.05) is 41.9 Å². The standard InChI is InChI=1S/C24H22N4O4S/c1-28-22(14-32-19-8-4-6-16-5-2-3-7-18(16)19)26-27-24(28)33-15-23(29)25-17-9-10-20-21(13-17)31-12-11-30-20/h2-10,13H,11-12,14-15H2,1H3,(H,25,29). The van der Waals surface area contributed by atoms with Crippen LogP contribution in [-0.2, 0) is 18.4 Å². The monoisotopic (exact) mass is 462 g/mol. The summed E-state index contributed by atoms with van der Waals surface area (Å²) < 4.78 is 18.9. The van der Waals surface area contributed by atoms with Crippen LogP contribution in [0, 0.1) is 0 Å². The molecule has 1 N–H and O–H groups in total. The van der Waals surface area contributed by atoms with Gasteiger partial charge in [-0.1, -0.05) is 48.2 Å². The normalized spacial score (nSPS) is 12.5. The molecule has 2 heterocycles. The number of benzene rings is 3. The van der Waals surface area contributed by atoms with Crippen molar-refractivity contribution in [1.82, 2.24) is 14.8 Å². The van der Waals surface area contributed by atoms with Crippen molar-refractivity contribution in [3.05, 3.63) is 66.5 Å². The van der Waals surface area contributed by atoms with Gasteiger partial charge >= 0.3 is 0 Å². The summed E-state index contributed by atoms with van der Waals surface area (Å²) in [6.45, 7) is 1.31. The average Bonchev–Trinajstić information content (AvgIpc) is 3.20. The van der Waals surface area contributed by atoms with Crippen molar-refractivity contribution in [3.63, 3.8) is 0 Å². The minimum absolute atomic E-state index is 0.145. The van der Waals surface area contributed by atoms with Gasteiger partial charge < -0.3 is 24.1 Å². The summed E-state index contributed by atoms with van der Waals surface area (Å²) in [6, 6.07) is 19.4. The van der Waals surface area contributed by atoms with Crippen LogP contribution >= 0.6 is 11.8 Å². The number of carbonyl (C=O) groups excluding carboxylic acids is 1. The lowest BCUT2D eigenvalue weighted by Gasteiger charge is -2.18. The lowest BCUT2D eigenvalue weighted by molar-refractivity contribution is -0.113. The molecule has 0 radical (unpaired) electrons. The Morgan fingerprint density at radius 3 is 2.79 bits per heavy atom. The Labute approximate surface area is 194 Å². The van der Waals surface area contributed by atoms with Gasteiger partial charge in [-0.15, -0.1) is 10.2 Å². The molecule has 5 rings (SSSR count). The molecule has 1 amide bonds. The van der Waals surface area contributed by atoms with Crippen molar-refractivity contribution in [1.29, 1.82) is 0 Å². The zero-order valence-electron chi connectivity index (χ0n) is 18.0. The van der Waals surface area contributed by atoms with Gasteiger partial charge in [0.15, 0.2) is 22.5 Å². The Hall–Kier alpha value is -3.72. The van der Waals surface area contributed by atoms with E-state index >= 15 is 0 Å². The molecule has 3 aromatic carbocycles. The smallest absolute Gasteiger partial charge is 0.234 e. The summed E-state index contributed by atoms with van der Waals surface area (Å²) in [5.41, 5.74) is 0.659. The predicted molar refractivity (Wildman–Crippen MR) is 126 cm³/mol. The van der Waals surface area contributed by atoms with Gasteiger partial charge in [0.1, 0.15) is 25.6 Å². The second-order valence-electron chi connectivity index (χ2n) is 7.42. The van der Waals surface area contributed by atoms with Crippen LogP contribution in [0.1, 0.15) is 5.82 Å². The number of nitrogens with zero attached hydrogens (tertiary/aromatic N) is 3. The Kier molecular flexibility index (Phi) is 6.03. The summed E-state index contributed by atoms with van der Waals surface area (Å²) >= 11 is 1.31. The van der Waals surface area contributed by atoms with Crippen molar-refractivity contribution in [3.8, 4) is 17.2 Å². The number of ether oxygens (including phenoxy) is 3. The van der Waals surface area contributed by atoms with Gasteiger partial charge in [0.25, 0.3) is 0 Å². The Bertz CT molecular complexity index is 1300. The van der Waals surface area contributed by atoms with Crippen LogP contribution < -0.4 is 19.5 Å². The Morgan fingerprint density at radius 2 is 1.88 bits per heavy atom. The van der Waals surface area contributed by atoms with E-state index in [1.54, 1.807) is 18.2 Å². The fourth-order valence-corrected chi connectivity index (χ4v) is 4.24. The number of hydrogen-bond donors (Lipinski definition) is 1. The van der Waals surface area contributed by atoms with Gasteiger partial charge in [-0.25, -0.2) is 0 Å². The summed E-state index contributed by atoms with van der Waals surface area (Å²) in [5, 5.41) is 14.1. The van der Waals surface area contributed by atoms with E-state index in [4.69, 9.17) is 14.2 Å². The Balaban J connectivity index is 1.18. The summed E-state index contributed by atoms with van der Waals surface area (Å²) in [6.07, 6.45) is 0. The van der Waals surface area contributed by atoms with Crippen LogP contribution in [0.2, 0.25) is 0 Å². The molecule has 9 heteroatoms. The number of amides is 1. The van der Waals surface area contributed by atoms with Crippen molar-refractivity contribution in [2.75, 3.05) is 24.3 Å². The number of anilines is 1. The lowest BCUT2D eigenvalue weighted by Crippen LogP contribution is -2.17. The minimum Gasteiger partial charge on any atom is -0.486 e. The highest BCUT2D eigenvalue weighted by atomic mass is 32.2. The van der Waals surface area contributed by atoms with Gasteiger partial charge in [0.05, 0.1) is 5.75 Å². The molecule has 0 unspecified atom stereocenters. The van der Waals surface area contributed by atoms with Gasteiger partial charge in [-0.3, -0.25) is 4.79 Å². The van der Waals surface area contributed by atoms with E-state index in [-0.39, 0.29) is 18.3 Å². The first kappa shape index (κ1) is 21.1. The van der Waals surface area contributed by atoms with Gasteiger partial charge in [-0.2, -0.15) is 0 Å². The maximum Gasteiger partial charge on any atom is 0.234 e. The number of hydrogen-bond acceptors (Lipinski definition) is 7. The van der Waals surface area contributed by atoms with E-state index in [2.05, 4.69) is 27.6 Å². The molecule has 8 nitrogen and oxygen atoms in total. The van der Waals surface area contributed by atoms with E-state index in [0.717, 1.165) is 16.5 Å². The first-order valence-electron chi connectivity index (χ1n) is 10.5. The van der Waals surface area contributed by atoms with Crippen molar-refractivity contribution in [2.45, 2.75) is 11.8 Å². The molecule has 0 atom stereocenters. The van der Waals surface area contributed by atoms with Crippen LogP contribution in [0.3, 0.4) is 0 Å². The maximum atomic E-state index is 12.4. The van der Waals surface area contributed by atoms with Crippen LogP contribution in [0.25, 0.3) is 10.8 Å². The van der Waals surface area contributed by atoms with E-state index in [1.165, 1.54) is 11.8 Å². The largest absolute Gasteiger partial charge is 0.486 e. The third kappa shape index (κ3) is 4.73. The fourth-order valence-electron chi connectivity index (χ4n) is 3.51. The molecule has 1 aromatic heterocycles. The second kappa shape index (κ2) is 9.41. The Morgan fingerprint density at radius 1 is 1.06 bits per heavy atom. The molecule has 1 aliphatic rings. The molecular formula is C24H22N4O4S. The molecule has 0 saturated carbocycles. The number of aromatic nitrogens is 3. The van der Waals surface area contributed by atoms with Gasteiger partial charge in [0, 0.05) is 24.2 Å². The molecule has 168 valence electrons. The van der Waals surface area contributed by atoms with Crippen LogP contribution in [0.15, 0.2) is 65.8 Å². The first-order valence-corrected chi connectivity index (χ1v) is 11.5. The molecular weight excluding hydrogens is 440 g/mol. The fraction of sp³-hybridized carbons (Fsp3) is 0.208. The number of thioether (sulfide) groups is 1. The zero-order chi connectivity index (χ0) is 22.6. The predicted octanol–water partition coefficient (Wildman–Crippen LogP) is 4.05. The number of fused-ring (bicyclic) bond motifs is 2. The highest BCUT2D eigenvalue weighted by molar-refractivity contribution is 7.99. The molecule has 33 heavy (non-hydrogen) atoms. The third-order valence-electron chi connectivity index (χ3n) is 5.19. The number of rotatable bonds is 7. The number of nitrogens with one attached hydrogen (secondary N) is 1. The van der Waals surface area contributed by atoms with Gasteiger partial charge in [-0.05, 0) is 23.6 Å². The van der Waals surface area contributed by atoms with E-state index in [0.29, 0.717) is 41.4 Å². The SMILES string of the molecule is Cn1c(COc2cccc3ccccc23)nnc1SCC(=O)Nc1ccc2c(c1)OCCO2. The van der Waals surface area contributed by atoms with Gasteiger partial charge in [0.2, 0.25) is 5.91 Å². The molecule has 0 saturated heterocycles. The first-order chi connectivity index (χ1) is 16.2. The molecule has 0 spiro atoms. The highest BCUT2D eigenvalue weighted by Crippen LogP contribution is 2.32. The quantitative estimate of drug-likeness (QED) is 0.415. The molecule has 0 aliphatic carbocycles. The van der Waals surface area contributed by atoms with E-state index in [9.17, 15) is 4.79 Å². The average molecular weight is 463 g/mol. The maximum absolute atomic E-state index is 12.4. The minimum atomic E-state index is -0.145. The van der Waals surface area contributed by atoms with Crippen molar-refractivity contribution in [2.24, 2.45) is 7.05 Å². The van der Waals surface area contributed by atoms with Crippen molar-refractivity contribution < 1.29 is 19.0 Å².